The SMILES string of the molecule is COc1ccc(N2C(=O)C[C@H](NNC(=O)c3cc(OC)cc(OC)c3)C2=O)cc1. The number of ether oxygens (including phenoxy) is 3. The molecule has 29 heavy (non-hydrogen) atoms. The van der Waals surface area contributed by atoms with Crippen molar-refractivity contribution in [3.63, 3.8) is 0 Å². The highest BCUT2D eigenvalue weighted by atomic mass is 16.5. The number of rotatable bonds is 7. The maximum Gasteiger partial charge on any atom is 0.265 e. The van der Waals surface area contributed by atoms with E-state index in [1.54, 1.807) is 30.3 Å². The maximum absolute atomic E-state index is 12.6. The summed E-state index contributed by atoms with van der Waals surface area (Å²) in [5.74, 6) is 0.201. The van der Waals surface area contributed by atoms with Gasteiger partial charge in [-0.15, -0.1) is 0 Å². The van der Waals surface area contributed by atoms with Crippen LogP contribution in [0.2, 0.25) is 0 Å². The van der Waals surface area contributed by atoms with Crippen LogP contribution in [0.25, 0.3) is 0 Å². The number of hydrazine groups is 1. The third kappa shape index (κ3) is 4.30. The molecule has 0 aliphatic carbocycles. The highest BCUT2D eigenvalue weighted by Crippen LogP contribution is 2.25. The predicted molar refractivity (Wildman–Crippen MR) is 104 cm³/mol. The van der Waals surface area contributed by atoms with Crippen molar-refractivity contribution in [1.29, 1.82) is 0 Å². The van der Waals surface area contributed by atoms with E-state index in [9.17, 15) is 14.4 Å². The molecule has 1 aliphatic heterocycles. The minimum atomic E-state index is -0.874. The molecule has 152 valence electrons. The van der Waals surface area contributed by atoms with Crippen LogP contribution in [0.4, 0.5) is 5.69 Å². The average Bonchev–Trinajstić information content (AvgIpc) is 3.04. The van der Waals surface area contributed by atoms with Gasteiger partial charge in [-0.25, -0.2) is 10.3 Å². The zero-order chi connectivity index (χ0) is 21.0. The van der Waals surface area contributed by atoms with Gasteiger partial charge in [0.05, 0.1) is 33.4 Å². The van der Waals surface area contributed by atoms with Crippen LogP contribution in [0.15, 0.2) is 42.5 Å². The van der Waals surface area contributed by atoms with Gasteiger partial charge in [-0.05, 0) is 36.4 Å². The third-order valence-corrected chi connectivity index (χ3v) is 4.45. The molecule has 1 heterocycles. The lowest BCUT2D eigenvalue weighted by Gasteiger charge is -2.16. The van der Waals surface area contributed by atoms with Gasteiger partial charge in [-0.2, -0.15) is 0 Å². The second kappa shape index (κ2) is 8.61. The van der Waals surface area contributed by atoms with Crippen LogP contribution in [0, 0.1) is 0 Å². The normalized spacial score (nSPS) is 16.0. The van der Waals surface area contributed by atoms with Gasteiger partial charge in [-0.1, -0.05) is 0 Å². The number of hydrogen-bond donors (Lipinski definition) is 2. The summed E-state index contributed by atoms with van der Waals surface area (Å²) < 4.78 is 15.4. The van der Waals surface area contributed by atoms with Gasteiger partial charge in [0.25, 0.3) is 11.8 Å². The molecule has 0 spiro atoms. The minimum Gasteiger partial charge on any atom is -0.497 e. The third-order valence-electron chi connectivity index (χ3n) is 4.45. The highest BCUT2D eigenvalue weighted by Gasteiger charge is 2.39. The molecular formula is C20H21N3O6. The van der Waals surface area contributed by atoms with E-state index >= 15 is 0 Å². The molecule has 3 rings (SSSR count). The van der Waals surface area contributed by atoms with Crippen molar-refractivity contribution in [2.24, 2.45) is 0 Å². The van der Waals surface area contributed by atoms with Crippen molar-refractivity contribution in [2.75, 3.05) is 26.2 Å². The molecule has 1 fully saturated rings. The monoisotopic (exact) mass is 399 g/mol. The second-order valence-corrected chi connectivity index (χ2v) is 6.22. The van der Waals surface area contributed by atoms with Crippen LogP contribution in [0.1, 0.15) is 16.8 Å². The molecule has 1 saturated heterocycles. The van der Waals surface area contributed by atoms with E-state index in [4.69, 9.17) is 14.2 Å². The first-order chi connectivity index (χ1) is 14.0. The number of imide groups is 1. The van der Waals surface area contributed by atoms with E-state index in [0.717, 1.165) is 4.90 Å². The van der Waals surface area contributed by atoms with Crippen molar-refractivity contribution in [1.82, 2.24) is 10.9 Å². The lowest BCUT2D eigenvalue weighted by atomic mass is 10.2. The van der Waals surface area contributed by atoms with Crippen LogP contribution < -0.4 is 30.0 Å². The molecule has 2 aromatic carbocycles. The number of amides is 3. The summed E-state index contributed by atoms with van der Waals surface area (Å²) in [6.45, 7) is 0. The zero-order valence-electron chi connectivity index (χ0n) is 16.2. The molecule has 0 unspecified atom stereocenters. The van der Waals surface area contributed by atoms with Gasteiger partial charge in [-0.3, -0.25) is 19.8 Å². The summed E-state index contributed by atoms with van der Waals surface area (Å²) in [6, 6.07) is 10.4. The molecule has 0 aromatic heterocycles. The molecular weight excluding hydrogens is 378 g/mol. The first-order valence-corrected chi connectivity index (χ1v) is 8.76. The number of carbonyl (C=O) groups excluding carboxylic acids is 3. The summed E-state index contributed by atoms with van der Waals surface area (Å²) in [5.41, 5.74) is 5.82. The summed E-state index contributed by atoms with van der Waals surface area (Å²) in [5, 5.41) is 0. The van der Waals surface area contributed by atoms with Crippen molar-refractivity contribution in [3.05, 3.63) is 48.0 Å². The average molecular weight is 399 g/mol. The van der Waals surface area contributed by atoms with Gasteiger partial charge in [0.15, 0.2) is 0 Å². The Morgan fingerprint density at radius 1 is 0.931 bits per heavy atom. The first kappa shape index (κ1) is 20.2. The Morgan fingerprint density at radius 2 is 1.52 bits per heavy atom. The van der Waals surface area contributed by atoms with E-state index < -0.39 is 17.9 Å². The molecule has 1 aliphatic rings. The van der Waals surface area contributed by atoms with Crippen molar-refractivity contribution < 1.29 is 28.6 Å². The van der Waals surface area contributed by atoms with Crippen molar-refractivity contribution in [2.45, 2.75) is 12.5 Å². The Hall–Kier alpha value is -3.59. The first-order valence-electron chi connectivity index (χ1n) is 8.76. The lowest BCUT2D eigenvalue weighted by molar-refractivity contribution is -0.121. The molecule has 2 aromatic rings. The van der Waals surface area contributed by atoms with Crippen LogP contribution >= 0.6 is 0 Å². The van der Waals surface area contributed by atoms with E-state index in [1.165, 1.54) is 33.5 Å². The van der Waals surface area contributed by atoms with E-state index in [0.29, 0.717) is 22.9 Å². The van der Waals surface area contributed by atoms with Crippen LogP contribution in [0.5, 0.6) is 17.2 Å². The number of carbonyl (C=O) groups is 3. The number of hydrogen-bond acceptors (Lipinski definition) is 7. The number of anilines is 1. The number of nitrogens with zero attached hydrogens (tertiary/aromatic N) is 1. The quantitative estimate of drug-likeness (QED) is 0.534. The van der Waals surface area contributed by atoms with Gasteiger partial charge in [0, 0.05) is 11.6 Å². The number of methoxy groups -OCH3 is 3. The Balaban J connectivity index is 1.67. The molecule has 1 atom stereocenters. The van der Waals surface area contributed by atoms with Gasteiger partial charge < -0.3 is 14.2 Å². The van der Waals surface area contributed by atoms with Crippen LogP contribution in [-0.4, -0.2) is 45.1 Å². The van der Waals surface area contributed by atoms with Crippen LogP contribution in [0.3, 0.4) is 0 Å². The van der Waals surface area contributed by atoms with E-state index in [2.05, 4.69) is 10.9 Å². The maximum atomic E-state index is 12.6. The largest absolute Gasteiger partial charge is 0.497 e. The molecule has 9 heteroatoms. The lowest BCUT2D eigenvalue weighted by Crippen LogP contribution is -2.48. The van der Waals surface area contributed by atoms with Crippen molar-refractivity contribution in [3.8, 4) is 17.2 Å². The molecule has 9 nitrogen and oxygen atoms in total. The molecule has 3 amide bonds. The minimum absolute atomic E-state index is 0.0768. The number of benzene rings is 2. The van der Waals surface area contributed by atoms with Gasteiger partial charge in [0.1, 0.15) is 23.3 Å². The predicted octanol–water partition coefficient (Wildman–Crippen LogP) is 1.28. The summed E-state index contributed by atoms with van der Waals surface area (Å²) >= 11 is 0. The summed E-state index contributed by atoms with van der Waals surface area (Å²) in [4.78, 5) is 38.5. The van der Waals surface area contributed by atoms with Gasteiger partial charge >= 0.3 is 0 Å². The van der Waals surface area contributed by atoms with E-state index in [-0.39, 0.29) is 17.9 Å². The standard InChI is InChI=1S/C20H21N3O6/c1-27-14-6-4-13(5-7-14)23-18(24)11-17(20(23)26)21-22-19(25)12-8-15(28-2)10-16(9-12)29-3/h4-10,17,21H,11H2,1-3H3,(H,22,25)/t17-/m0/s1. The Labute approximate surface area is 167 Å². The highest BCUT2D eigenvalue weighted by molar-refractivity contribution is 6.22. The second-order valence-electron chi connectivity index (χ2n) is 6.22. The van der Waals surface area contributed by atoms with Crippen LogP contribution in [-0.2, 0) is 9.59 Å². The smallest absolute Gasteiger partial charge is 0.265 e. The Kier molecular flexibility index (Phi) is 5.99. The van der Waals surface area contributed by atoms with Crippen molar-refractivity contribution >= 4 is 23.4 Å². The Morgan fingerprint density at radius 3 is 2.07 bits per heavy atom. The fourth-order valence-corrected chi connectivity index (χ4v) is 2.91. The fraction of sp³-hybridized carbons (Fsp3) is 0.250. The zero-order valence-corrected chi connectivity index (χ0v) is 16.2. The molecule has 0 bridgehead atoms. The summed E-state index contributed by atoms with van der Waals surface area (Å²) in [7, 11) is 4.48. The Bertz CT molecular complexity index is 906. The van der Waals surface area contributed by atoms with Gasteiger partial charge in [0.2, 0.25) is 5.91 Å². The van der Waals surface area contributed by atoms with E-state index in [1.807, 2.05) is 0 Å². The topological polar surface area (TPSA) is 106 Å². The summed E-state index contributed by atoms with van der Waals surface area (Å²) in [6.07, 6.45) is -0.0768. The molecule has 0 radical (unpaired) electrons. The molecule has 2 N–H and O–H groups in total. The molecule has 0 saturated carbocycles. The number of nitrogens with one attached hydrogen (secondary N) is 2. The fourth-order valence-electron chi connectivity index (χ4n) is 2.91.